The lowest BCUT2D eigenvalue weighted by molar-refractivity contribution is -0.167. The molecule has 0 aliphatic carbocycles. The van der Waals surface area contributed by atoms with E-state index in [4.69, 9.17) is 0 Å². The average Bonchev–Trinajstić information content (AvgIpc) is 2.51. The van der Waals surface area contributed by atoms with E-state index in [1.54, 1.807) is 30.4 Å². The van der Waals surface area contributed by atoms with E-state index in [1.807, 2.05) is 0 Å². The molecule has 124 valence electrons. The first-order chi connectivity index (χ1) is 11.2. The van der Waals surface area contributed by atoms with Gasteiger partial charge in [0.15, 0.2) is 0 Å². The molecule has 0 fully saturated rings. The zero-order valence-electron chi connectivity index (χ0n) is 12.4. The molecule has 0 aromatic heterocycles. The summed E-state index contributed by atoms with van der Waals surface area (Å²) in [5.41, 5.74) is 0.232. The number of benzene rings is 2. The minimum Gasteiger partial charge on any atom is -0.318 e. The Hall–Kier alpha value is -2.90. The van der Waals surface area contributed by atoms with Crippen molar-refractivity contribution in [2.45, 2.75) is 13.1 Å². The summed E-state index contributed by atoms with van der Waals surface area (Å²) in [7, 11) is 0. The maximum atomic E-state index is 12.4. The molecule has 0 unspecified atom stereocenters. The van der Waals surface area contributed by atoms with Crippen molar-refractivity contribution in [3.63, 3.8) is 0 Å². The maximum Gasteiger partial charge on any atom is 0.471 e. The molecule has 1 N–H and O–H groups in total. The van der Waals surface area contributed by atoms with Gasteiger partial charge in [-0.25, -0.2) is 0 Å². The molecular formula is C16H11F3N2O3. The normalized spacial score (nSPS) is 14.2. The summed E-state index contributed by atoms with van der Waals surface area (Å²) in [4.78, 5) is 36.9. The monoisotopic (exact) mass is 336 g/mol. The lowest BCUT2D eigenvalue weighted by Gasteiger charge is -2.26. The molecule has 0 spiro atoms. The van der Waals surface area contributed by atoms with Crippen LogP contribution in [0.2, 0.25) is 0 Å². The van der Waals surface area contributed by atoms with Gasteiger partial charge in [0.05, 0.1) is 5.56 Å². The van der Waals surface area contributed by atoms with Crippen LogP contribution in [0.5, 0.6) is 0 Å². The van der Waals surface area contributed by atoms with Crippen LogP contribution in [0.1, 0.15) is 27.6 Å². The molecule has 0 atom stereocenters. The molecule has 1 aliphatic heterocycles. The molecule has 0 bridgehead atoms. The Morgan fingerprint density at radius 3 is 2.42 bits per heavy atom. The van der Waals surface area contributed by atoms with Crippen molar-refractivity contribution in [3.8, 4) is 0 Å². The van der Waals surface area contributed by atoms with E-state index in [0.29, 0.717) is 16.3 Å². The topological polar surface area (TPSA) is 66.5 Å². The quantitative estimate of drug-likeness (QED) is 0.858. The Morgan fingerprint density at radius 1 is 1.12 bits per heavy atom. The fraction of sp³-hybridized carbons (Fsp3) is 0.188. The van der Waals surface area contributed by atoms with Crippen molar-refractivity contribution in [1.82, 2.24) is 4.90 Å². The van der Waals surface area contributed by atoms with Crippen LogP contribution in [0.25, 0.3) is 10.8 Å². The molecule has 5 nitrogen and oxygen atoms in total. The fourth-order valence-corrected chi connectivity index (χ4v) is 2.72. The number of imide groups is 1. The highest BCUT2D eigenvalue weighted by Crippen LogP contribution is 2.33. The largest absolute Gasteiger partial charge is 0.471 e. The molecule has 8 heteroatoms. The van der Waals surface area contributed by atoms with Gasteiger partial charge in [-0.2, -0.15) is 13.2 Å². The smallest absolute Gasteiger partial charge is 0.318 e. The van der Waals surface area contributed by atoms with E-state index in [0.717, 1.165) is 11.0 Å². The van der Waals surface area contributed by atoms with Gasteiger partial charge < -0.3 is 5.32 Å². The van der Waals surface area contributed by atoms with Gasteiger partial charge >= 0.3 is 12.1 Å². The molecule has 1 heterocycles. The fourth-order valence-electron chi connectivity index (χ4n) is 2.72. The number of alkyl halides is 3. The molecular weight excluding hydrogens is 325 g/mol. The minimum atomic E-state index is -5.04. The number of nitrogens with zero attached hydrogens (tertiary/aromatic N) is 1. The van der Waals surface area contributed by atoms with Crippen LogP contribution < -0.4 is 5.32 Å². The highest BCUT2D eigenvalue weighted by Gasteiger charge is 2.39. The second-order valence-electron chi connectivity index (χ2n) is 5.23. The summed E-state index contributed by atoms with van der Waals surface area (Å²) in [5.74, 6) is -3.18. The third kappa shape index (κ3) is 2.40. The second-order valence-corrected chi connectivity index (χ2v) is 5.23. The summed E-state index contributed by atoms with van der Waals surface area (Å²) >= 11 is 0. The van der Waals surface area contributed by atoms with Gasteiger partial charge in [0.1, 0.15) is 0 Å². The van der Waals surface area contributed by atoms with Crippen molar-refractivity contribution < 1.29 is 27.6 Å². The van der Waals surface area contributed by atoms with Gasteiger partial charge in [0, 0.05) is 23.2 Å². The highest BCUT2D eigenvalue weighted by atomic mass is 19.4. The number of amides is 3. The highest BCUT2D eigenvalue weighted by molar-refractivity contribution is 6.26. The molecule has 1 aliphatic rings. The first-order valence-electron chi connectivity index (χ1n) is 7.05. The first kappa shape index (κ1) is 16.0. The Kier molecular flexibility index (Phi) is 3.55. The van der Waals surface area contributed by atoms with E-state index in [9.17, 15) is 27.6 Å². The molecule has 2 aromatic rings. The van der Waals surface area contributed by atoms with Crippen LogP contribution >= 0.6 is 0 Å². The number of carbonyl (C=O) groups is 3. The summed E-state index contributed by atoms with van der Waals surface area (Å²) in [6, 6.07) is 7.14. The molecule has 3 rings (SSSR count). The van der Waals surface area contributed by atoms with Gasteiger partial charge in [-0.1, -0.05) is 12.1 Å². The van der Waals surface area contributed by atoms with Crippen molar-refractivity contribution in [3.05, 3.63) is 41.5 Å². The third-order valence-corrected chi connectivity index (χ3v) is 3.76. The number of halogens is 3. The number of carbonyl (C=O) groups excluding carboxylic acids is 3. The summed E-state index contributed by atoms with van der Waals surface area (Å²) in [5, 5.41) is 2.52. The van der Waals surface area contributed by atoms with Crippen molar-refractivity contribution in [1.29, 1.82) is 0 Å². The molecule has 24 heavy (non-hydrogen) atoms. The van der Waals surface area contributed by atoms with E-state index >= 15 is 0 Å². The van der Waals surface area contributed by atoms with E-state index in [1.165, 1.54) is 6.07 Å². The van der Waals surface area contributed by atoms with Crippen LogP contribution in [0.15, 0.2) is 30.3 Å². The minimum absolute atomic E-state index is 0.0852. The zero-order chi connectivity index (χ0) is 17.6. The van der Waals surface area contributed by atoms with Gasteiger partial charge in [-0.3, -0.25) is 19.3 Å². The van der Waals surface area contributed by atoms with Crippen molar-refractivity contribution >= 4 is 34.2 Å². The number of nitrogens with one attached hydrogen (secondary N) is 1. The Labute approximate surface area is 134 Å². The first-order valence-corrected chi connectivity index (χ1v) is 7.05. The molecule has 2 aromatic carbocycles. The van der Waals surface area contributed by atoms with Crippen molar-refractivity contribution in [2.24, 2.45) is 0 Å². The predicted octanol–water partition coefficient (Wildman–Crippen LogP) is 2.96. The maximum absolute atomic E-state index is 12.4. The number of hydrogen-bond donors (Lipinski definition) is 1. The van der Waals surface area contributed by atoms with Crippen LogP contribution in [-0.2, 0) is 4.79 Å². The molecule has 3 amide bonds. The van der Waals surface area contributed by atoms with E-state index < -0.39 is 23.9 Å². The van der Waals surface area contributed by atoms with Gasteiger partial charge in [-0.05, 0) is 30.5 Å². The number of rotatable bonds is 2. The summed E-state index contributed by atoms with van der Waals surface area (Å²) < 4.78 is 37.3. The molecule has 0 saturated heterocycles. The number of hydrogen-bond acceptors (Lipinski definition) is 3. The van der Waals surface area contributed by atoms with E-state index in [2.05, 4.69) is 0 Å². The van der Waals surface area contributed by atoms with Gasteiger partial charge in [0.2, 0.25) is 0 Å². The standard InChI is InChI=1S/C16H11F3N2O3/c1-2-21-13(22)10-5-3-4-8-6-9(20-15(24)16(17,18)19)7-11(12(8)10)14(21)23/h3-7H,2H2,1H3,(H,20,24). The third-order valence-electron chi connectivity index (χ3n) is 3.76. The Bertz CT molecular complexity index is 890. The zero-order valence-corrected chi connectivity index (χ0v) is 12.4. The summed E-state index contributed by atoms with van der Waals surface area (Å²) in [6.45, 7) is 1.75. The summed E-state index contributed by atoms with van der Waals surface area (Å²) in [6.07, 6.45) is -5.04. The number of anilines is 1. The molecule has 0 radical (unpaired) electrons. The Balaban J connectivity index is 2.18. The van der Waals surface area contributed by atoms with Crippen LogP contribution in [-0.4, -0.2) is 35.3 Å². The van der Waals surface area contributed by atoms with Gasteiger partial charge in [0.25, 0.3) is 11.8 Å². The Morgan fingerprint density at radius 2 is 1.79 bits per heavy atom. The lowest BCUT2D eigenvalue weighted by Crippen LogP contribution is -2.40. The van der Waals surface area contributed by atoms with Crippen LogP contribution in [0.4, 0.5) is 18.9 Å². The lowest BCUT2D eigenvalue weighted by atomic mass is 9.93. The predicted molar refractivity (Wildman–Crippen MR) is 79.7 cm³/mol. The van der Waals surface area contributed by atoms with Crippen LogP contribution in [0, 0.1) is 0 Å². The van der Waals surface area contributed by atoms with E-state index in [-0.39, 0.29) is 17.8 Å². The average molecular weight is 336 g/mol. The van der Waals surface area contributed by atoms with Gasteiger partial charge in [-0.15, -0.1) is 0 Å². The molecule has 0 saturated carbocycles. The van der Waals surface area contributed by atoms with Crippen LogP contribution in [0.3, 0.4) is 0 Å². The second kappa shape index (κ2) is 5.33. The SMILES string of the molecule is CCN1C(=O)c2cccc3cc(NC(=O)C(F)(F)F)cc(c23)C1=O. The van der Waals surface area contributed by atoms with Crippen molar-refractivity contribution in [2.75, 3.05) is 11.9 Å².